The fourth-order valence-electron chi connectivity index (χ4n) is 3.90. The Kier molecular flexibility index (Phi) is 4.68. The van der Waals surface area contributed by atoms with Gasteiger partial charge in [0, 0.05) is 36.5 Å². The van der Waals surface area contributed by atoms with Gasteiger partial charge >= 0.3 is 11.8 Å². The van der Waals surface area contributed by atoms with E-state index in [9.17, 15) is 18.3 Å². The van der Waals surface area contributed by atoms with Crippen LogP contribution in [0.15, 0.2) is 28.7 Å². The normalized spacial score (nSPS) is 20.1. The van der Waals surface area contributed by atoms with Crippen LogP contribution in [0, 0.1) is 0 Å². The average molecular weight is 461 g/mol. The van der Waals surface area contributed by atoms with E-state index in [1.54, 1.807) is 0 Å². The fourth-order valence-corrected chi connectivity index (χ4v) is 3.90. The highest BCUT2D eigenvalue weighted by atomic mass is 19.4. The van der Waals surface area contributed by atoms with Crippen molar-refractivity contribution in [3.63, 3.8) is 0 Å². The van der Waals surface area contributed by atoms with Gasteiger partial charge in [0.1, 0.15) is 5.82 Å². The van der Waals surface area contributed by atoms with Gasteiger partial charge in [0.05, 0.1) is 12.6 Å². The Balaban J connectivity index is 1.60. The topological polar surface area (TPSA) is 118 Å². The van der Waals surface area contributed by atoms with E-state index < -0.39 is 23.4 Å². The number of aromatic nitrogens is 6. The summed E-state index contributed by atoms with van der Waals surface area (Å²) in [7, 11) is 0. The van der Waals surface area contributed by atoms with Crippen LogP contribution >= 0.6 is 0 Å². The number of aliphatic hydroxyl groups is 1. The molecule has 33 heavy (non-hydrogen) atoms. The van der Waals surface area contributed by atoms with E-state index in [2.05, 4.69) is 30.5 Å². The lowest BCUT2D eigenvalue weighted by atomic mass is 9.95. The van der Waals surface area contributed by atoms with Crippen molar-refractivity contribution in [1.82, 2.24) is 29.9 Å². The first-order valence-electron chi connectivity index (χ1n) is 10.5. The van der Waals surface area contributed by atoms with E-state index in [1.165, 1.54) is 16.9 Å². The highest BCUT2D eigenvalue weighted by molar-refractivity contribution is 5.83. The molecule has 0 spiro atoms. The molecule has 3 aromatic rings. The summed E-state index contributed by atoms with van der Waals surface area (Å²) in [4.78, 5) is 15.2. The van der Waals surface area contributed by atoms with Crippen molar-refractivity contribution < 1.29 is 18.3 Å². The molecule has 0 aromatic carbocycles. The minimum Gasteiger partial charge on any atom is -0.391 e. The summed E-state index contributed by atoms with van der Waals surface area (Å²) < 4.78 is 42.4. The zero-order valence-electron chi connectivity index (χ0n) is 18.2. The second-order valence-electron chi connectivity index (χ2n) is 9.33. The van der Waals surface area contributed by atoms with Gasteiger partial charge in [0.15, 0.2) is 17.0 Å². The van der Waals surface area contributed by atoms with Gasteiger partial charge in [-0.05, 0) is 18.1 Å². The van der Waals surface area contributed by atoms with Crippen LogP contribution < -0.4 is 4.90 Å². The first-order chi connectivity index (χ1) is 15.5. The number of alkyl halides is 3. The maximum absolute atomic E-state index is 13.6. The predicted octanol–water partition coefficient (Wildman–Crippen LogP) is 2.71. The van der Waals surface area contributed by atoms with Gasteiger partial charge in [-0.1, -0.05) is 26.0 Å². The van der Waals surface area contributed by atoms with Crippen LogP contribution in [0.4, 0.5) is 19.0 Å². The standard InChI is InChI=1S/C20H22F3N9O/c1-18(2,3)17-25-15(31-7-5-12(33)10-31)14-16(26-17)32(30-27-14)9-11-4-6-24-8-13(11)19(28-29-19)20(21,22)23/h4,6,8,12,33H,5,7,9-10H2,1-3H3/t12-/m0/s1. The summed E-state index contributed by atoms with van der Waals surface area (Å²) in [6.07, 6.45) is -1.98. The van der Waals surface area contributed by atoms with Gasteiger partial charge in [0.25, 0.3) is 0 Å². The zero-order chi connectivity index (χ0) is 23.6. The molecule has 0 aliphatic carbocycles. The Morgan fingerprint density at radius 3 is 2.55 bits per heavy atom. The molecule has 3 aromatic heterocycles. The molecule has 10 nitrogen and oxygen atoms in total. The number of nitrogens with zero attached hydrogens (tertiary/aromatic N) is 9. The van der Waals surface area contributed by atoms with Gasteiger partial charge in [-0.15, -0.1) is 15.3 Å². The Morgan fingerprint density at radius 2 is 1.94 bits per heavy atom. The molecule has 0 bridgehead atoms. The van der Waals surface area contributed by atoms with Gasteiger partial charge in [-0.3, -0.25) is 4.98 Å². The van der Waals surface area contributed by atoms with Crippen LogP contribution in [-0.2, 0) is 17.6 Å². The minimum atomic E-state index is -4.67. The molecule has 5 rings (SSSR count). The van der Waals surface area contributed by atoms with Crippen LogP contribution in [0.3, 0.4) is 0 Å². The predicted molar refractivity (Wildman–Crippen MR) is 111 cm³/mol. The van der Waals surface area contributed by atoms with Crippen LogP contribution in [-0.4, -0.2) is 60.4 Å². The molecule has 5 heterocycles. The molecule has 1 saturated heterocycles. The van der Waals surface area contributed by atoms with Crippen molar-refractivity contribution in [1.29, 1.82) is 0 Å². The van der Waals surface area contributed by atoms with Gasteiger partial charge < -0.3 is 10.0 Å². The molecular weight excluding hydrogens is 439 g/mol. The number of aliphatic hydroxyl groups excluding tert-OH is 1. The third-order valence-corrected chi connectivity index (χ3v) is 5.78. The highest BCUT2D eigenvalue weighted by Gasteiger charge is 2.66. The van der Waals surface area contributed by atoms with Crippen molar-refractivity contribution in [2.75, 3.05) is 18.0 Å². The SMILES string of the molecule is CC(C)(C)c1nc(N2CC[C@H](O)C2)c2nnn(Cc3ccncc3C3(C(F)(F)F)N=N3)c2n1. The maximum atomic E-state index is 13.6. The van der Waals surface area contributed by atoms with E-state index in [4.69, 9.17) is 4.98 Å². The average Bonchev–Trinajstić information content (AvgIpc) is 3.31. The van der Waals surface area contributed by atoms with Crippen molar-refractivity contribution in [2.24, 2.45) is 10.2 Å². The molecule has 2 aliphatic heterocycles. The van der Waals surface area contributed by atoms with Crippen molar-refractivity contribution in [3.05, 3.63) is 35.4 Å². The number of β-amino-alcohol motifs (C(OH)–C–C–N with tert-alkyl or cyclic N) is 1. The van der Waals surface area contributed by atoms with Crippen molar-refractivity contribution in [2.45, 2.75) is 57.1 Å². The van der Waals surface area contributed by atoms with Crippen LogP contribution in [0.5, 0.6) is 0 Å². The minimum absolute atomic E-state index is 0.0279. The number of hydrogen-bond acceptors (Lipinski definition) is 9. The third kappa shape index (κ3) is 3.59. The molecule has 0 saturated carbocycles. The van der Waals surface area contributed by atoms with Gasteiger partial charge in [-0.2, -0.15) is 13.2 Å². The maximum Gasteiger partial charge on any atom is 0.442 e. The molecule has 0 radical (unpaired) electrons. The monoisotopic (exact) mass is 461 g/mol. The molecule has 0 amide bonds. The summed E-state index contributed by atoms with van der Waals surface area (Å²) in [5, 5.41) is 25.0. The number of halogens is 3. The number of rotatable bonds is 4. The van der Waals surface area contributed by atoms with Crippen LogP contribution in [0.1, 0.15) is 44.1 Å². The molecule has 174 valence electrons. The lowest BCUT2D eigenvalue weighted by molar-refractivity contribution is -0.166. The zero-order valence-corrected chi connectivity index (χ0v) is 18.2. The lowest BCUT2D eigenvalue weighted by Crippen LogP contribution is -2.31. The highest BCUT2D eigenvalue weighted by Crippen LogP contribution is 2.53. The molecule has 13 heteroatoms. The summed E-state index contributed by atoms with van der Waals surface area (Å²) in [5.74, 6) is 1.10. The quantitative estimate of drug-likeness (QED) is 0.635. The summed E-state index contributed by atoms with van der Waals surface area (Å²) in [5.41, 5.74) is -1.99. The smallest absolute Gasteiger partial charge is 0.391 e. The lowest BCUT2D eigenvalue weighted by Gasteiger charge is -2.22. The summed E-state index contributed by atoms with van der Waals surface area (Å²) >= 11 is 0. The van der Waals surface area contributed by atoms with E-state index in [-0.39, 0.29) is 12.1 Å². The van der Waals surface area contributed by atoms with Crippen LogP contribution in [0.2, 0.25) is 0 Å². The molecule has 1 fully saturated rings. The number of hydrogen-bond donors (Lipinski definition) is 1. The van der Waals surface area contributed by atoms with Gasteiger partial charge in [0.2, 0.25) is 0 Å². The Bertz CT molecular complexity index is 1240. The molecular formula is C20H22F3N9O. The fraction of sp³-hybridized carbons (Fsp3) is 0.550. The molecule has 1 N–H and O–H groups in total. The summed E-state index contributed by atoms with van der Waals surface area (Å²) in [6, 6.07) is 1.49. The Hall–Kier alpha value is -3.22. The third-order valence-electron chi connectivity index (χ3n) is 5.78. The Labute approximate surface area is 186 Å². The molecule has 0 unspecified atom stereocenters. The van der Waals surface area contributed by atoms with E-state index in [0.29, 0.717) is 47.9 Å². The first kappa shape index (κ1) is 21.6. The molecule has 2 aliphatic rings. The molecule has 1 atom stereocenters. The van der Waals surface area contributed by atoms with E-state index >= 15 is 0 Å². The van der Waals surface area contributed by atoms with Crippen molar-refractivity contribution >= 4 is 17.0 Å². The largest absolute Gasteiger partial charge is 0.442 e. The number of pyridine rings is 1. The second kappa shape index (κ2) is 7.14. The van der Waals surface area contributed by atoms with Crippen molar-refractivity contribution in [3.8, 4) is 0 Å². The summed E-state index contributed by atoms with van der Waals surface area (Å²) in [6.45, 7) is 6.89. The second-order valence-corrected chi connectivity index (χ2v) is 9.33. The van der Waals surface area contributed by atoms with Gasteiger partial charge in [-0.25, -0.2) is 14.6 Å². The van der Waals surface area contributed by atoms with Crippen LogP contribution in [0.25, 0.3) is 11.2 Å². The first-order valence-corrected chi connectivity index (χ1v) is 10.5. The number of anilines is 1. The number of fused-ring (bicyclic) bond motifs is 1. The Morgan fingerprint density at radius 1 is 1.18 bits per heavy atom. The van der Waals surface area contributed by atoms with E-state index in [1.807, 2.05) is 25.7 Å². The van der Waals surface area contributed by atoms with E-state index in [0.717, 1.165) is 6.20 Å².